The normalized spacial score (nSPS) is 10.2. The van der Waals surface area contributed by atoms with Crippen molar-refractivity contribution in [2.24, 2.45) is 0 Å². The fraction of sp³-hybridized carbons (Fsp3) is 0.300. The molecule has 2 N–H and O–H groups in total. The quantitative estimate of drug-likeness (QED) is 0.720. The molecule has 2 rings (SSSR count). The molecular weight excluding hydrogens is 334 g/mol. The van der Waals surface area contributed by atoms with Gasteiger partial charge >= 0.3 is 5.97 Å². The number of hydrogen-bond donors (Lipinski definition) is 2. The van der Waals surface area contributed by atoms with Gasteiger partial charge in [-0.2, -0.15) is 0 Å². The van der Waals surface area contributed by atoms with Crippen LogP contribution in [0.1, 0.15) is 40.1 Å². The van der Waals surface area contributed by atoms with Crippen molar-refractivity contribution in [1.82, 2.24) is 5.32 Å². The summed E-state index contributed by atoms with van der Waals surface area (Å²) in [6.45, 7) is 5.40. The number of hydrogen-bond acceptors (Lipinski definition) is 4. The van der Waals surface area contributed by atoms with Crippen LogP contribution in [0.5, 0.6) is 11.5 Å². The minimum atomic E-state index is -1.02. The SMILES string of the molecule is CCOc1ccc(CCNC(=O)c2ccc(C(=O)O)cc2)cc1OCC. The van der Waals surface area contributed by atoms with E-state index in [9.17, 15) is 9.59 Å². The van der Waals surface area contributed by atoms with Crippen LogP contribution in [0.3, 0.4) is 0 Å². The number of carbonyl (C=O) groups is 2. The monoisotopic (exact) mass is 357 g/mol. The second-order valence-electron chi connectivity index (χ2n) is 5.54. The fourth-order valence-electron chi connectivity index (χ4n) is 2.44. The van der Waals surface area contributed by atoms with Gasteiger partial charge in [0.15, 0.2) is 11.5 Å². The lowest BCUT2D eigenvalue weighted by atomic mass is 10.1. The Hall–Kier alpha value is -3.02. The van der Waals surface area contributed by atoms with Gasteiger partial charge in [-0.3, -0.25) is 4.79 Å². The molecule has 0 saturated carbocycles. The molecule has 0 spiro atoms. The third-order valence-corrected chi connectivity index (χ3v) is 3.70. The van der Waals surface area contributed by atoms with Crippen molar-refractivity contribution in [2.75, 3.05) is 19.8 Å². The molecule has 0 saturated heterocycles. The number of nitrogens with one attached hydrogen (secondary N) is 1. The van der Waals surface area contributed by atoms with Crippen LogP contribution in [0.4, 0.5) is 0 Å². The minimum Gasteiger partial charge on any atom is -0.490 e. The number of carbonyl (C=O) groups excluding carboxylic acids is 1. The van der Waals surface area contributed by atoms with Gasteiger partial charge < -0.3 is 19.9 Å². The average Bonchev–Trinajstić information content (AvgIpc) is 2.64. The summed E-state index contributed by atoms with van der Waals surface area (Å²) in [6.07, 6.45) is 0.644. The second-order valence-corrected chi connectivity index (χ2v) is 5.54. The summed E-state index contributed by atoms with van der Waals surface area (Å²) in [7, 11) is 0. The Bertz CT molecular complexity index is 755. The van der Waals surface area contributed by atoms with E-state index < -0.39 is 5.97 Å². The number of aromatic carboxylic acids is 1. The zero-order chi connectivity index (χ0) is 18.9. The van der Waals surface area contributed by atoms with E-state index in [4.69, 9.17) is 14.6 Å². The summed E-state index contributed by atoms with van der Waals surface area (Å²) >= 11 is 0. The lowest BCUT2D eigenvalue weighted by Crippen LogP contribution is -2.25. The predicted octanol–water partition coefficient (Wildman–Crippen LogP) is 3.15. The number of rotatable bonds is 9. The zero-order valence-corrected chi connectivity index (χ0v) is 15.0. The van der Waals surface area contributed by atoms with Gasteiger partial charge in [0, 0.05) is 12.1 Å². The maximum absolute atomic E-state index is 12.1. The summed E-state index contributed by atoms with van der Waals surface area (Å²) in [6, 6.07) is 11.6. The van der Waals surface area contributed by atoms with Crippen LogP contribution < -0.4 is 14.8 Å². The number of carboxylic acids is 1. The van der Waals surface area contributed by atoms with Gasteiger partial charge in [-0.1, -0.05) is 6.07 Å². The standard InChI is InChI=1S/C20H23NO5/c1-3-25-17-10-5-14(13-18(17)26-4-2)11-12-21-19(22)15-6-8-16(9-7-15)20(23)24/h5-10,13H,3-4,11-12H2,1-2H3,(H,21,22)(H,23,24). The van der Waals surface area contributed by atoms with Crippen molar-refractivity contribution < 1.29 is 24.2 Å². The fourth-order valence-corrected chi connectivity index (χ4v) is 2.44. The van der Waals surface area contributed by atoms with Gasteiger partial charge in [-0.05, 0) is 62.2 Å². The molecule has 0 aliphatic rings. The van der Waals surface area contributed by atoms with Crippen LogP contribution in [0.25, 0.3) is 0 Å². The summed E-state index contributed by atoms with van der Waals surface area (Å²) in [4.78, 5) is 23.0. The van der Waals surface area contributed by atoms with Crippen LogP contribution in [0.2, 0.25) is 0 Å². The van der Waals surface area contributed by atoms with E-state index in [1.165, 1.54) is 24.3 Å². The maximum Gasteiger partial charge on any atom is 0.335 e. The Morgan fingerprint density at radius 3 is 2.15 bits per heavy atom. The first-order valence-corrected chi connectivity index (χ1v) is 8.55. The molecule has 0 unspecified atom stereocenters. The summed E-state index contributed by atoms with van der Waals surface area (Å²) in [5.41, 5.74) is 1.61. The first kappa shape index (κ1) is 19.3. The zero-order valence-electron chi connectivity index (χ0n) is 15.0. The molecule has 138 valence electrons. The van der Waals surface area contributed by atoms with E-state index in [2.05, 4.69) is 5.32 Å². The van der Waals surface area contributed by atoms with Gasteiger partial charge in [0.25, 0.3) is 5.91 Å². The Morgan fingerprint density at radius 1 is 0.923 bits per heavy atom. The molecule has 0 atom stereocenters. The van der Waals surface area contributed by atoms with Gasteiger partial charge in [0.05, 0.1) is 18.8 Å². The molecule has 2 aromatic carbocycles. The Balaban J connectivity index is 1.93. The molecular formula is C20H23NO5. The Kier molecular flexibility index (Phi) is 7.02. The van der Waals surface area contributed by atoms with Gasteiger partial charge in [-0.25, -0.2) is 4.79 Å². The highest BCUT2D eigenvalue weighted by Crippen LogP contribution is 2.28. The highest BCUT2D eigenvalue weighted by Gasteiger charge is 2.09. The molecule has 0 fully saturated rings. The van der Waals surface area contributed by atoms with Crippen LogP contribution in [-0.2, 0) is 6.42 Å². The molecule has 0 aromatic heterocycles. The molecule has 26 heavy (non-hydrogen) atoms. The molecule has 0 heterocycles. The lowest BCUT2D eigenvalue weighted by Gasteiger charge is -2.12. The third-order valence-electron chi connectivity index (χ3n) is 3.70. The Morgan fingerprint density at radius 2 is 1.54 bits per heavy atom. The van der Waals surface area contributed by atoms with Gasteiger partial charge in [0.2, 0.25) is 0 Å². The molecule has 1 amide bonds. The molecule has 0 aliphatic carbocycles. The molecule has 6 heteroatoms. The Labute approximate surface area is 152 Å². The number of benzene rings is 2. The van der Waals surface area contributed by atoms with Crippen LogP contribution >= 0.6 is 0 Å². The predicted molar refractivity (Wildman–Crippen MR) is 98.2 cm³/mol. The second kappa shape index (κ2) is 9.46. The smallest absolute Gasteiger partial charge is 0.335 e. The molecule has 0 aliphatic heterocycles. The maximum atomic E-state index is 12.1. The van der Waals surface area contributed by atoms with E-state index in [1.54, 1.807) is 0 Å². The number of amides is 1. The molecule has 6 nitrogen and oxygen atoms in total. The lowest BCUT2D eigenvalue weighted by molar-refractivity contribution is 0.0696. The van der Waals surface area contributed by atoms with E-state index in [0.717, 1.165) is 5.56 Å². The molecule has 0 radical (unpaired) electrons. The topological polar surface area (TPSA) is 84.9 Å². The third kappa shape index (κ3) is 5.24. The molecule has 0 bridgehead atoms. The van der Waals surface area contributed by atoms with Gasteiger partial charge in [0.1, 0.15) is 0 Å². The summed E-state index contributed by atoms with van der Waals surface area (Å²) in [5.74, 6) is 0.151. The summed E-state index contributed by atoms with van der Waals surface area (Å²) < 4.78 is 11.1. The minimum absolute atomic E-state index is 0.152. The number of ether oxygens (including phenoxy) is 2. The largest absolute Gasteiger partial charge is 0.490 e. The van der Waals surface area contributed by atoms with Crippen molar-refractivity contribution in [1.29, 1.82) is 0 Å². The van der Waals surface area contributed by atoms with Crippen molar-refractivity contribution in [3.05, 3.63) is 59.2 Å². The first-order chi connectivity index (χ1) is 12.5. The van der Waals surface area contributed by atoms with Crippen molar-refractivity contribution in [2.45, 2.75) is 20.3 Å². The summed E-state index contributed by atoms with van der Waals surface area (Å²) in [5, 5.41) is 11.7. The molecule has 2 aromatic rings. The van der Waals surface area contributed by atoms with Gasteiger partial charge in [-0.15, -0.1) is 0 Å². The first-order valence-electron chi connectivity index (χ1n) is 8.55. The van der Waals surface area contributed by atoms with E-state index in [-0.39, 0.29) is 11.5 Å². The van der Waals surface area contributed by atoms with Crippen LogP contribution in [0.15, 0.2) is 42.5 Å². The highest BCUT2D eigenvalue weighted by atomic mass is 16.5. The van der Waals surface area contributed by atoms with E-state index >= 15 is 0 Å². The average molecular weight is 357 g/mol. The van der Waals surface area contributed by atoms with Crippen molar-refractivity contribution >= 4 is 11.9 Å². The van der Waals surface area contributed by atoms with E-state index in [0.29, 0.717) is 43.2 Å². The van der Waals surface area contributed by atoms with Crippen LogP contribution in [-0.4, -0.2) is 36.7 Å². The number of carboxylic acid groups (broad SMARTS) is 1. The van der Waals surface area contributed by atoms with Crippen molar-refractivity contribution in [3.8, 4) is 11.5 Å². The highest BCUT2D eigenvalue weighted by molar-refractivity contribution is 5.95. The van der Waals surface area contributed by atoms with Crippen LogP contribution in [0, 0.1) is 0 Å². The van der Waals surface area contributed by atoms with Crippen molar-refractivity contribution in [3.63, 3.8) is 0 Å². The van der Waals surface area contributed by atoms with E-state index in [1.807, 2.05) is 32.0 Å².